The summed E-state index contributed by atoms with van der Waals surface area (Å²) in [6, 6.07) is 14.1. The molecule has 0 saturated carbocycles. The molecule has 0 bridgehead atoms. The van der Waals surface area contributed by atoms with Crippen molar-refractivity contribution in [2.45, 2.75) is 0 Å². The Hall–Kier alpha value is -4.73. The number of carbonyl (C=O) groups is 3. The van der Waals surface area contributed by atoms with Gasteiger partial charge in [-0.1, -0.05) is 6.07 Å². The number of aromatic carboxylic acids is 1. The van der Waals surface area contributed by atoms with Crippen molar-refractivity contribution in [2.75, 3.05) is 19.5 Å². The van der Waals surface area contributed by atoms with Crippen LogP contribution in [0.3, 0.4) is 0 Å². The Morgan fingerprint density at radius 1 is 0.941 bits per heavy atom. The van der Waals surface area contributed by atoms with E-state index in [4.69, 9.17) is 9.47 Å². The third-order valence-corrected chi connectivity index (χ3v) is 4.65. The minimum atomic E-state index is -1.26. The summed E-state index contributed by atoms with van der Waals surface area (Å²) in [4.78, 5) is 36.5. The van der Waals surface area contributed by atoms with Crippen LogP contribution in [0.1, 0.15) is 36.6 Å². The van der Waals surface area contributed by atoms with E-state index in [0.717, 1.165) is 0 Å². The SMILES string of the molecule is COc1ccc(/C=N\NC(=O)c2cccc(NC(=O)c3ccc(F)cc3)c2)c(C(=O)O)c1OC. The highest BCUT2D eigenvalue weighted by atomic mass is 19.1. The molecule has 0 aliphatic rings. The van der Waals surface area contributed by atoms with E-state index < -0.39 is 23.6 Å². The van der Waals surface area contributed by atoms with Gasteiger partial charge in [0.05, 0.1) is 20.4 Å². The first-order valence-electron chi connectivity index (χ1n) is 9.82. The summed E-state index contributed by atoms with van der Waals surface area (Å²) in [5, 5.41) is 16.0. The number of hydrogen-bond acceptors (Lipinski definition) is 6. The van der Waals surface area contributed by atoms with Crippen molar-refractivity contribution in [3.8, 4) is 11.5 Å². The lowest BCUT2D eigenvalue weighted by atomic mass is 10.1. The molecule has 0 aromatic heterocycles. The van der Waals surface area contributed by atoms with Crippen molar-refractivity contribution in [3.05, 3.63) is 88.7 Å². The van der Waals surface area contributed by atoms with Gasteiger partial charge in [-0.05, 0) is 54.6 Å². The second-order valence-electron chi connectivity index (χ2n) is 6.81. The Balaban J connectivity index is 1.73. The Morgan fingerprint density at radius 3 is 2.32 bits per heavy atom. The fraction of sp³-hybridized carbons (Fsp3) is 0.0833. The molecule has 0 saturated heterocycles. The van der Waals surface area contributed by atoms with Crippen LogP contribution < -0.4 is 20.2 Å². The van der Waals surface area contributed by atoms with Gasteiger partial charge in [-0.3, -0.25) is 9.59 Å². The van der Waals surface area contributed by atoms with Crippen LogP contribution in [-0.4, -0.2) is 43.3 Å². The molecule has 34 heavy (non-hydrogen) atoms. The summed E-state index contributed by atoms with van der Waals surface area (Å²) in [5.74, 6) is -2.51. The number of carboxylic acids is 1. The Morgan fingerprint density at radius 2 is 1.68 bits per heavy atom. The number of amides is 2. The second-order valence-corrected chi connectivity index (χ2v) is 6.81. The molecule has 0 spiro atoms. The van der Waals surface area contributed by atoms with Gasteiger partial charge in [-0.2, -0.15) is 5.10 Å². The predicted octanol–water partition coefficient (Wildman–Crippen LogP) is 3.56. The van der Waals surface area contributed by atoms with Gasteiger partial charge in [-0.15, -0.1) is 0 Å². The number of nitrogens with zero attached hydrogens (tertiary/aromatic N) is 1. The molecule has 3 aromatic carbocycles. The largest absolute Gasteiger partial charge is 0.493 e. The van der Waals surface area contributed by atoms with Crippen LogP contribution in [0.25, 0.3) is 0 Å². The zero-order chi connectivity index (χ0) is 24.7. The van der Waals surface area contributed by atoms with E-state index in [1.807, 2.05) is 0 Å². The summed E-state index contributed by atoms with van der Waals surface area (Å²) in [7, 11) is 2.70. The molecule has 2 amide bonds. The number of carboxylic acid groups (broad SMARTS) is 1. The first-order chi connectivity index (χ1) is 16.3. The van der Waals surface area contributed by atoms with E-state index in [-0.39, 0.29) is 33.8 Å². The first kappa shape index (κ1) is 23.9. The molecule has 0 radical (unpaired) electrons. The highest BCUT2D eigenvalue weighted by molar-refractivity contribution is 6.05. The van der Waals surface area contributed by atoms with Crippen molar-refractivity contribution in [1.82, 2.24) is 5.43 Å². The monoisotopic (exact) mass is 465 g/mol. The lowest BCUT2D eigenvalue weighted by molar-refractivity contribution is 0.0692. The third-order valence-electron chi connectivity index (χ3n) is 4.65. The van der Waals surface area contributed by atoms with Gasteiger partial charge in [0.25, 0.3) is 11.8 Å². The van der Waals surface area contributed by atoms with Crippen molar-refractivity contribution in [1.29, 1.82) is 0 Å². The first-order valence-corrected chi connectivity index (χ1v) is 9.82. The number of halogens is 1. The third kappa shape index (κ3) is 5.54. The number of ether oxygens (including phenoxy) is 2. The second kappa shape index (κ2) is 10.7. The fourth-order valence-electron chi connectivity index (χ4n) is 3.04. The molecule has 3 N–H and O–H groups in total. The smallest absolute Gasteiger partial charge is 0.340 e. The van der Waals surface area contributed by atoms with E-state index in [1.54, 1.807) is 12.1 Å². The zero-order valence-corrected chi connectivity index (χ0v) is 18.2. The maximum absolute atomic E-state index is 13.0. The van der Waals surface area contributed by atoms with Gasteiger partial charge in [-0.25, -0.2) is 14.6 Å². The topological polar surface area (TPSA) is 126 Å². The average molecular weight is 465 g/mol. The van der Waals surface area contributed by atoms with Gasteiger partial charge in [0.1, 0.15) is 11.4 Å². The van der Waals surface area contributed by atoms with Crippen molar-refractivity contribution in [2.24, 2.45) is 5.10 Å². The predicted molar refractivity (Wildman–Crippen MR) is 122 cm³/mol. The van der Waals surface area contributed by atoms with Gasteiger partial charge in [0.2, 0.25) is 0 Å². The molecular weight excluding hydrogens is 445 g/mol. The lowest BCUT2D eigenvalue weighted by Gasteiger charge is -2.12. The number of rotatable bonds is 8. The highest BCUT2D eigenvalue weighted by Gasteiger charge is 2.20. The van der Waals surface area contributed by atoms with Crippen molar-refractivity contribution < 1.29 is 33.4 Å². The fourth-order valence-corrected chi connectivity index (χ4v) is 3.04. The molecule has 10 heteroatoms. The Kier molecular flexibility index (Phi) is 7.55. The summed E-state index contributed by atoms with van der Waals surface area (Å²) in [6.45, 7) is 0. The van der Waals surface area contributed by atoms with Crippen LogP contribution in [0.5, 0.6) is 11.5 Å². The molecule has 174 valence electrons. The van der Waals surface area contributed by atoms with E-state index in [9.17, 15) is 23.9 Å². The van der Waals surface area contributed by atoms with Gasteiger partial charge in [0, 0.05) is 22.4 Å². The zero-order valence-electron chi connectivity index (χ0n) is 18.2. The maximum Gasteiger partial charge on any atom is 0.340 e. The van der Waals surface area contributed by atoms with Crippen LogP contribution in [0, 0.1) is 5.82 Å². The summed E-state index contributed by atoms with van der Waals surface area (Å²) < 4.78 is 23.3. The molecule has 0 heterocycles. The molecule has 0 unspecified atom stereocenters. The van der Waals surface area contributed by atoms with Gasteiger partial charge in [0.15, 0.2) is 11.5 Å². The lowest BCUT2D eigenvalue weighted by Crippen LogP contribution is -2.18. The standard InChI is InChI=1S/C24H20FN3O6/c1-33-19-11-8-16(20(24(31)32)21(19)34-2)13-26-28-23(30)15-4-3-5-18(12-15)27-22(29)14-6-9-17(25)10-7-14/h3-13H,1-2H3,(H,27,29)(H,28,30)(H,31,32)/b26-13-. The van der Waals surface area contributed by atoms with Crippen LogP contribution >= 0.6 is 0 Å². The molecule has 0 aliphatic carbocycles. The Bertz CT molecular complexity index is 1260. The number of nitrogens with one attached hydrogen (secondary N) is 2. The quantitative estimate of drug-likeness (QED) is 0.345. The van der Waals surface area contributed by atoms with E-state index in [2.05, 4.69) is 15.8 Å². The minimum Gasteiger partial charge on any atom is -0.493 e. The summed E-state index contributed by atoms with van der Waals surface area (Å²) in [5.41, 5.74) is 3.11. The van der Waals surface area contributed by atoms with E-state index in [1.165, 1.54) is 69.0 Å². The number of hydrogen-bond donors (Lipinski definition) is 3. The van der Waals surface area contributed by atoms with Gasteiger partial charge < -0.3 is 19.9 Å². The molecule has 3 rings (SSSR count). The molecule has 0 atom stereocenters. The molecule has 0 aliphatic heterocycles. The number of carbonyl (C=O) groups excluding carboxylic acids is 2. The van der Waals surface area contributed by atoms with Gasteiger partial charge >= 0.3 is 5.97 Å². The summed E-state index contributed by atoms with van der Waals surface area (Å²) in [6.07, 6.45) is 1.17. The normalized spacial score (nSPS) is 10.6. The molecule has 3 aromatic rings. The molecule has 0 fully saturated rings. The van der Waals surface area contributed by atoms with Crippen LogP contribution in [0.4, 0.5) is 10.1 Å². The number of hydrazone groups is 1. The summed E-state index contributed by atoms with van der Waals surface area (Å²) >= 11 is 0. The van der Waals surface area contributed by atoms with E-state index in [0.29, 0.717) is 5.69 Å². The average Bonchev–Trinajstić information content (AvgIpc) is 2.83. The molecule has 9 nitrogen and oxygen atoms in total. The number of anilines is 1. The number of benzene rings is 3. The Labute approximate surface area is 193 Å². The van der Waals surface area contributed by atoms with Crippen LogP contribution in [-0.2, 0) is 0 Å². The van der Waals surface area contributed by atoms with Crippen molar-refractivity contribution >= 4 is 29.7 Å². The highest BCUT2D eigenvalue weighted by Crippen LogP contribution is 2.32. The van der Waals surface area contributed by atoms with Crippen molar-refractivity contribution in [3.63, 3.8) is 0 Å². The van der Waals surface area contributed by atoms with Crippen LogP contribution in [0.15, 0.2) is 65.8 Å². The molecular formula is C24H20FN3O6. The van der Waals surface area contributed by atoms with Crippen LogP contribution in [0.2, 0.25) is 0 Å². The maximum atomic E-state index is 13.0. The number of methoxy groups -OCH3 is 2. The van der Waals surface area contributed by atoms with E-state index >= 15 is 0 Å². The minimum absolute atomic E-state index is 0.0230.